The summed E-state index contributed by atoms with van der Waals surface area (Å²) in [5.41, 5.74) is 0.558. The van der Waals surface area contributed by atoms with Gasteiger partial charge in [-0.25, -0.2) is 14.8 Å². The van der Waals surface area contributed by atoms with Gasteiger partial charge in [0.25, 0.3) is 11.5 Å². The number of amides is 1. The van der Waals surface area contributed by atoms with Gasteiger partial charge in [-0.2, -0.15) is 0 Å². The number of hydrogen-bond acceptors (Lipinski definition) is 6. The summed E-state index contributed by atoms with van der Waals surface area (Å²) in [6.07, 6.45) is 1.96. The van der Waals surface area contributed by atoms with Gasteiger partial charge in [0.2, 0.25) is 0 Å². The van der Waals surface area contributed by atoms with E-state index < -0.39 is 18.0 Å². The number of nitrogens with one attached hydrogen (secondary N) is 1. The van der Waals surface area contributed by atoms with Gasteiger partial charge in [0.05, 0.1) is 21.5 Å². The number of esters is 1. The van der Waals surface area contributed by atoms with E-state index in [9.17, 15) is 14.4 Å². The Labute approximate surface area is 170 Å². The van der Waals surface area contributed by atoms with E-state index in [4.69, 9.17) is 16.3 Å². The number of hydrogen-bond donors (Lipinski definition) is 1. The summed E-state index contributed by atoms with van der Waals surface area (Å²) < 4.78 is 6.91. The Morgan fingerprint density at radius 1 is 1.28 bits per heavy atom. The third-order valence-corrected chi connectivity index (χ3v) is 4.91. The standard InChI is InChI=1S/C20H17ClN4O4/c1-11(18(26)24-16-7-5-13(21)10-22-16)29-20(28)12-4-6-14-15(9-12)23-17-3-2-8-25(17)19(14)27/h4-7,9-11H,2-3,8H2,1H3,(H,22,24,26)/t11-/m0/s1. The van der Waals surface area contributed by atoms with Gasteiger partial charge in [-0.3, -0.25) is 14.2 Å². The molecule has 1 N–H and O–H groups in total. The zero-order valence-corrected chi connectivity index (χ0v) is 16.3. The predicted molar refractivity (Wildman–Crippen MR) is 107 cm³/mol. The molecule has 9 heteroatoms. The Balaban J connectivity index is 1.49. The normalized spacial score (nSPS) is 13.7. The van der Waals surface area contributed by atoms with E-state index in [0.717, 1.165) is 18.7 Å². The smallest absolute Gasteiger partial charge is 0.338 e. The number of fused-ring (bicyclic) bond motifs is 2. The minimum absolute atomic E-state index is 0.106. The molecule has 1 aromatic carbocycles. The van der Waals surface area contributed by atoms with Crippen LogP contribution in [0, 0.1) is 0 Å². The number of rotatable bonds is 4. The molecule has 4 rings (SSSR count). The third-order valence-electron chi connectivity index (χ3n) is 4.68. The first-order valence-corrected chi connectivity index (χ1v) is 9.47. The Kier molecular flexibility index (Phi) is 5.02. The predicted octanol–water partition coefficient (Wildman–Crippen LogP) is 2.58. The van der Waals surface area contributed by atoms with Gasteiger partial charge in [-0.05, 0) is 43.7 Å². The SMILES string of the molecule is C[C@H](OC(=O)c1ccc2c(=O)n3c(nc2c1)CCC3)C(=O)Nc1ccc(Cl)cn1. The molecular weight excluding hydrogens is 396 g/mol. The minimum Gasteiger partial charge on any atom is -0.449 e. The fourth-order valence-electron chi connectivity index (χ4n) is 3.17. The van der Waals surface area contributed by atoms with E-state index in [-0.39, 0.29) is 11.1 Å². The van der Waals surface area contributed by atoms with Crippen molar-refractivity contribution >= 4 is 40.2 Å². The van der Waals surface area contributed by atoms with Crippen molar-refractivity contribution in [2.45, 2.75) is 32.4 Å². The second-order valence-electron chi connectivity index (χ2n) is 6.72. The number of pyridine rings is 1. The zero-order valence-electron chi connectivity index (χ0n) is 15.5. The topological polar surface area (TPSA) is 103 Å². The Morgan fingerprint density at radius 2 is 2.10 bits per heavy atom. The van der Waals surface area contributed by atoms with E-state index in [2.05, 4.69) is 15.3 Å². The second-order valence-corrected chi connectivity index (χ2v) is 7.16. The lowest BCUT2D eigenvalue weighted by atomic mass is 10.1. The van der Waals surface area contributed by atoms with Crippen LogP contribution in [0.1, 0.15) is 29.5 Å². The highest BCUT2D eigenvalue weighted by Gasteiger charge is 2.21. The van der Waals surface area contributed by atoms with E-state index in [1.807, 2.05) is 0 Å². The number of halogens is 1. The van der Waals surface area contributed by atoms with Crippen LogP contribution in [0.5, 0.6) is 0 Å². The molecule has 0 radical (unpaired) electrons. The third kappa shape index (κ3) is 3.84. The number of aryl methyl sites for hydroxylation is 1. The van der Waals surface area contributed by atoms with Gasteiger partial charge >= 0.3 is 5.97 Å². The van der Waals surface area contributed by atoms with E-state index >= 15 is 0 Å². The summed E-state index contributed by atoms with van der Waals surface area (Å²) in [5, 5.41) is 3.44. The Hall–Kier alpha value is -3.26. The van der Waals surface area contributed by atoms with E-state index in [0.29, 0.717) is 28.3 Å². The van der Waals surface area contributed by atoms with Gasteiger partial charge < -0.3 is 10.1 Å². The van der Waals surface area contributed by atoms with Crippen molar-refractivity contribution in [3.63, 3.8) is 0 Å². The molecule has 2 aromatic heterocycles. The van der Waals surface area contributed by atoms with Gasteiger partial charge in [0, 0.05) is 19.2 Å². The molecule has 0 saturated carbocycles. The quantitative estimate of drug-likeness (QED) is 0.660. The molecule has 1 aliphatic heterocycles. The fraction of sp³-hybridized carbons (Fsp3) is 0.250. The van der Waals surface area contributed by atoms with Crippen LogP contribution in [-0.4, -0.2) is 32.5 Å². The number of nitrogens with zero attached hydrogens (tertiary/aromatic N) is 3. The molecule has 3 aromatic rings. The van der Waals surface area contributed by atoms with Crippen molar-refractivity contribution in [2.75, 3.05) is 5.32 Å². The minimum atomic E-state index is -1.05. The maximum atomic E-state index is 12.5. The molecule has 0 unspecified atom stereocenters. The molecule has 0 spiro atoms. The molecule has 1 aliphatic rings. The fourth-order valence-corrected chi connectivity index (χ4v) is 3.28. The first-order valence-electron chi connectivity index (χ1n) is 9.09. The summed E-state index contributed by atoms with van der Waals surface area (Å²) in [7, 11) is 0. The molecular formula is C20H17ClN4O4. The molecule has 29 heavy (non-hydrogen) atoms. The highest BCUT2D eigenvalue weighted by atomic mass is 35.5. The highest BCUT2D eigenvalue weighted by molar-refractivity contribution is 6.30. The Bertz CT molecular complexity index is 1170. The number of aromatic nitrogens is 3. The summed E-state index contributed by atoms with van der Waals surface area (Å²) in [6, 6.07) is 7.71. The highest BCUT2D eigenvalue weighted by Crippen LogP contribution is 2.17. The molecule has 1 atom stereocenters. The molecule has 0 aliphatic carbocycles. The second kappa shape index (κ2) is 7.63. The van der Waals surface area contributed by atoms with Crippen LogP contribution in [0.15, 0.2) is 41.3 Å². The molecule has 0 saturated heterocycles. The van der Waals surface area contributed by atoms with Crippen LogP contribution >= 0.6 is 11.6 Å². The van der Waals surface area contributed by atoms with Crippen LogP contribution in [0.2, 0.25) is 5.02 Å². The van der Waals surface area contributed by atoms with Crippen LogP contribution in [0.3, 0.4) is 0 Å². The number of anilines is 1. The average Bonchev–Trinajstić information content (AvgIpc) is 3.18. The Morgan fingerprint density at radius 3 is 2.86 bits per heavy atom. The van der Waals surface area contributed by atoms with Crippen molar-refractivity contribution < 1.29 is 14.3 Å². The molecule has 148 valence electrons. The maximum Gasteiger partial charge on any atom is 0.338 e. The van der Waals surface area contributed by atoms with E-state index in [1.165, 1.54) is 25.3 Å². The largest absolute Gasteiger partial charge is 0.449 e. The van der Waals surface area contributed by atoms with Crippen molar-refractivity contribution in [1.29, 1.82) is 0 Å². The average molecular weight is 413 g/mol. The summed E-state index contributed by atoms with van der Waals surface area (Å²) in [5.74, 6) is -0.188. The number of carbonyl (C=O) groups excluding carboxylic acids is 2. The lowest BCUT2D eigenvalue weighted by Gasteiger charge is -2.13. The molecule has 3 heterocycles. The zero-order chi connectivity index (χ0) is 20.5. The number of carbonyl (C=O) groups is 2. The van der Waals surface area contributed by atoms with Gasteiger partial charge in [-0.15, -0.1) is 0 Å². The van der Waals surface area contributed by atoms with Crippen LogP contribution in [0.4, 0.5) is 5.82 Å². The van der Waals surface area contributed by atoms with Crippen molar-refractivity contribution in [3.8, 4) is 0 Å². The van der Waals surface area contributed by atoms with Crippen molar-refractivity contribution in [2.24, 2.45) is 0 Å². The molecule has 1 amide bonds. The summed E-state index contributed by atoms with van der Waals surface area (Å²) in [6.45, 7) is 2.12. The molecule has 8 nitrogen and oxygen atoms in total. The first kappa shape index (κ1) is 19.1. The monoisotopic (exact) mass is 412 g/mol. The summed E-state index contributed by atoms with van der Waals surface area (Å²) >= 11 is 5.76. The molecule has 0 fully saturated rings. The van der Waals surface area contributed by atoms with E-state index in [1.54, 1.807) is 22.8 Å². The van der Waals surface area contributed by atoms with Gasteiger partial charge in [0.15, 0.2) is 6.10 Å². The number of benzene rings is 1. The maximum absolute atomic E-state index is 12.5. The van der Waals surface area contributed by atoms with Crippen LogP contribution < -0.4 is 10.9 Å². The van der Waals surface area contributed by atoms with Crippen molar-refractivity contribution in [1.82, 2.24) is 14.5 Å². The molecule has 0 bridgehead atoms. The number of ether oxygens (including phenoxy) is 1. The lowest BCUT2D eigenvalue weighted by molar-refractivity contribution is -0.123. The van der Waals surface area contributed by atoms with Crippen LogP contribution in [-0.2, 0) is 22.5 Å². The first-order chi connectivity index (χ1) is 13.9. The van der Waals surface area contributed by atoms with Gasteiger partial charge in [0.1, 0.15) is 11.6 Å². The summed E-state index contributed by atoms with van der Waals surface area (Å²) in [4.78, 5) is 45.7. The van der Waals surface area contributed by atoms with Crippen molar-refractivity contribution in [3.05, 3.63) is 63.3 Å². The van der Waals surface area contributed by atoms with Gasteiger partial charge in [-0.1, -0.05) is 11.6 Å². The van der Waals surface area contributed by atoms with Crippen LogP contribution in [0.25, 0.3) is 10.9 Å². The lowest BCUT2D eigenvalue weighted by Crippen LogP contribution is -2.30.